The molecular weight excluding hydrogens is 518 g/mol. The van der Waals surface area contributed by atoms with Crippen molar-refractivity contribution in [1.82, 2.24) is 20.3 Å². The molecule has 2 aliphatic heterocycles. The van der Waals surface area contributed by atoms with Gasteiger partial charge in [-0.05, 0) is 48.5 Å². The van der Waals surface area contributed by atoms with Crippen LogP contribution in [0.15, 0.2) is 48.5 Å². The number of nitrogens with zero attached hydrogens (tertiary/aromatic N) is 6. The Kier molecular flexibility index (Phi) is 7.99. The van der Waals surface area contributed by atoms with Crippen LogP contribution in [0.4, 0.5) is 22.1 Å². The van der Waals surface area contributed by atoms with Gasteiger partial charge >= 0.3 is 18.1 Å². The Hall–Kier alpha value is -4.81. The zero-order valence-electron chi connectivity index (χ0n) is 22.6. The van der Waals surface area contributed by atoms with Crippen molar-refractivity contribution in [3.05, 3.63) is 54.1 Å². The van der Waals surface area contributed by atoms with E-state index in [-0.39, 0.29) is 24.5 Å². The fraction of sp³-hybridized carbons (Fsp3) is 0.370. The minimum atomic E-state index is -0.449. The van der Waals surface area contributed by atoms with Crippen LogP contribution >= 0.6 is 0 Å². The summed E-state index contributed by atoms with van der Waals surface area (Å²) in [5.41, 5.74) is 2.29. The second-order valence-corrected chi connectivity index (χ2v) is 9.15. The van der Waals surface area contributed by atoms with E-state index >= 15 is 0 Å². The highest BCUT2D eigenvalue weighted by Gasteiger charge is 2.32. The molecular formula is C27H31N7O6. The number of anilines is 3. The van der Waals surface area contributed by atoms with Gasteiger partial charge < -0.3 is 34.1 Å². The zero-order valence-corrected chi connectivity index (χ0v) is 22.6. The van der Waals surface area contributed by atoms with Gasteiger partial charge in [-0.25, -0.2) is 4.79 Å². The quantitative estimate of drug-likeness (QED) is 0.420. The minimum absolute atomic E-state index is 0.210. The summed E-state index contributed by atoms with van der Waals surface area (Å²) in [6.45, 7) is 3.50. The summed E-state index contributed by atoms with van der Waals surface area (Å²) in [4.78, 5) is 43.6. The number of amides is 2. The van der Waals surface area contributed by atoms with Crippen LogP contribution < -0.4 is 34.2 Å². The highest BCUT2D eigenvalue weighted by atomic mass is 16.6. The molecule has 0 saturated carbocycles. The monoisotopic (exact) mass is 549 g/mol. The number of benzene rings is 2. The van der Waals surface area contributed by atoms with Gasteiger partial charge in [0.2, 0.25) is 5.95 Å². The van der Waals surface area contributed by atoms with Gasteiger partial charge in [0, 0.05) is 43.1 Å². The SMILES string of the molecule is COc1ccc(C(=O)NC[C@H]2CN(c3ccc(N4CCN(c5nc(OC)nc(OC)n5)CC4)cc3)C(=O)O2)cc1. The number of aromatic nitrogens is 3. The van der Waals surface area contributed by atoms with Crippen LogP contribution in [0.2, 0.25) is 0 Å². The summed E-state index contributed by atoms with van der Waals surface area (Å²) in [5, 5.41) is 2.83. The van der Waals surface area contributed by atoms with Crippen molar-refractivity contribution in [2.24, 2.45) is 0 Å². The molecule has 0 spiro atoms. The molecule has 13 heteroatoms. The van der Waals surface area contributed by atoms with E-state index < -0.39 is 12.2 Å². The van der Waals surface area contributed by atoms with E-state index in [1.54, 1.807) is 36.3 Å². The Labute approximate surface area is 231 Å². The van der Waals surface area contributed by atoms with Crippen LogP contribution in [-0.2, 0) is 4.74 Å². The van der Waals surface area contributed by atoms with E-state index in [0.717, 1.165) is 24.5 Å². The molecule has 5 rings (SSSR count). The van der Waals surface area contributed by atoms with Crippen molar-refractivity contribution in [1.29, 1.82) is 0 Å². The summed E-state index contributed by atoms with van der Waals surface area (Å²) in [7, 11) is 4.58. The molecule has 0 bridgehead atoms. The minimum Gasteiger partial charge on any atom is -0.497 e. The van der Waals surface area contributed by atoms with E-state index in [4.69, 9.17) is 18.9 Å². The third-order valence-electron chi connectivity index (χ3n) is 6.75. The lowest BCUT2D eigenvalue weighted by Gasteiger charge is -2.36. The molecule has 1 N–H and O–H groups in total. The number of rotatable bonds is 9. The first kappa shape index (κ1) is 26.8. The van der Waals surface area contributed by atoms with Crippen LogP contribution in [-0.4, -0.2) is 93.7 Å². The first-order valence-corrected chi connectivity index (χ1v) is 12.8. The number of cyclic esters (lactones) is 1. The molecule has 0 aliphatic carbocycles. The molecule has 40 heavy (non-hydrogen) atoms. The average molecular weight is 550 g/mol. The van der Waals surface area contributed by atoms with E-state index in [1.165, 1.54) is 14.2 Å². The number of piperazine rings is 1. The van der Waals surface area contributed by atoms with E-state index in [0.29, 0.717) is 36.9 Å². The Balaban J connectivity index is 1.13. The number of ether oxygens (including phenoxy) is 4. The number of hydrogen-bond acceptors (Lipinski definition) is 11. The first-order chi connectivity index (χ1) is 19.5. The normalized spacial score (nSPS) is 16.9. The molecule has 3 aromatic rings. The lowest BCUT2D eigenvalue weighted by Crippen LogP contribution is -2.47. The zero-order chi connectivity index (χ0) is 28.1. The second-order valence-electron chi connectivity index (χ2n) is 9.15. The molecule has 0 unspecified atom stereocenters. The van der Waals surface area contributed by atoms with E-state index in [9.17, 15) is 9.59 Å². The number of hydrogen-bond donors (Lipinski definition) is 1. The van der Waals surface area contributed by atoms with Crippen LogP contribution in [0.5, 0.6) is 17.8 Å². The summed E-state index contributed by atoms with van der Waals surface area (Å²) in [6, 6.07) is 15.0. The molecule has 13 nitrogen and oxygen atoms in total. The maximum absolute atomic E-state index is 12.5. The molecule has 2 aliphatic rings. The van der Waals surface area contributed by atoms with Gasteiger partial charge in [-0.1, -0.05) is 0 Å². The first-order valence-electron chi connectivity index (χ1n) is 12.8. The van der Waals surface area contributed by atoms with Crippen molar-refractivity contribution in [3.63, 3.8) is 0 Å². The third kappa shape index (κ3) is 5.92. The van der Waals surface area contributed by atoms with Gasteiger partial charge in [-0.2, -0.15) is 9.97 Å². The lowest BCUT2D eigenvalue weighted by molar-refractivity contribution is 0.0916. The predicted octanol–water partition coefficient (Wildman–Crippen LogP) is 1.98. The van der Waals surface area contributed by atoms with Crippen molar-refractivity contribution >= 4 is 29.3 Å². The maximum atomic E-state index is 12.5. The standard InChI is InChI=1S/C27H31N7O6/c1-37-21-10-4-18(5-11-21)23(35)28-16-22-17-34(27(36)40-22)20-8-6-19(7-9-20)32-12-14-33(15-13-32)24-29-25(38-2)31-26(30-24)39-3/h4-11,22H,12-17H2,1-3H3,(H,28,35)/t22-/m0/s1. The van der Waals surface area contributed by atoms with E-state index in [2.05, 4.69) is 30.1 Å². The number of methoxy groups -OCH3 is 3. The van der Waals surface area contributed by atoms with Gasteiger partial charge in [0.25, 0.3) is 5.91 Å². The summed E-state index contributed by atoms with van der Waals surface area (Å²) < 4.78 is 20.9. The second kappa shape index (κ2) is 11.9. The van der Waals surface area contributed by atoms with Gasteiger partial charge in [-0.3, -0.25) is 9.69 Å². The topological polar surface area (TPSA) is 131 Å². The maximum Gasteiger partial charge on any atom is 0.414 e. The molecule has 0 radical (unpaired) electrons. The Morgan fingerprint density at radius 3 is 2.05 bits per heavy atom. The Morgan fingerprint density at radius 2 is 1.45 bits per heavy atom. The van der Waals surface area contributed by atoms with Gasteiger partial charge in [0.05, 0.1) is 34.4 Å². The van der Waals surface area contributed by atoms with Gasteiger partial charge in [-0.15, -0.1) is 4.98 Å². The number of nitrogens with one attached hydrogen (secondary N) is 1. The van der Waals surface area contributed by atoms with Crippen molar-refractivity contribution < 1.29 is 28.5 Å². The highest BCUT2D eigenvalue weighted by molar-refractivity contribution is 5.94. The van der Waals surface area contributed by atoms with Crippen LogP contribution in [0, 0.1) is 0 Å². The molecule has 2 aromatic carbocycles. The molecule has 3 heterocycles. The highest BCUT2D eigenvalue weighted by Crippen LogP contribution is 2.26. The molecule has 2 saturated heterocycles. The summed E-state index contributed by atoms with van der Waals surface area (Å²) in [5.74, 6) is 0.947. The largest absolute Gasteiger partial charge is 0.497 e. The average Bonchev–Trinajstić information content (AvgIpc) is 3.39. The van der Waals surface area contributed by atoms with Gasteiger partial charge in [0.15, 0.2) is 0 Å². The molecule has 210 valence electrons. The number of carbonyl (C=O) groups is 2. The van der Waals surface area contributed by atoms with E-state index in [1.807, 2.05) is 24.3 Å². The van der Waals surface area contributed by atoms with Crippen LogP contribution in [0.3, 0.4) is 0 Å². The smallest absolute Gasteiger partial charge is 0.414 e. The third-order valence-corrected chi connectivity index (χ3v) is 6.75. The van der Waals surface area contributed by atoms with Crippen LogP contribution in [0.25, 0.3) is 0 Å². The molecule has 2 amide bonds. The van der Waals surface area contributed by atoms with Crippen LogP contribution in [0.1, 0.15) is 10.4 Å². The fourth-order valence-electron chi connectivity index (χ4n) is 4.55. The van der Waals surface area contributed by atoms with Crippen molar-refractivity contribution in [3.8, 4) is 17.8 Å². The Morgan fingerprint density at radius 1 is 0.850 bits per heavy atom. The van der Waals surface area contributed by atoms with Gasteiger partial charge in [0.1, 0.15) is 11.9 Å². The predicted molar refractivity (Wildman–Crippen MR) is 147 cm³/mol. The summed E-state index contributed by atoms with van der Waals surface area (Å²) >= 11 is 0. The Bertz CT molecular complexity index is 1310. The molecule has 1 atom stereocenters. The fourth-order valence-corrected chi connectivity index (χ4v) is 4.55. The molecule has 2 fully saturated rings. The number of carbonyl (C=O) groups excluding carboxylic acids is 2. The van der Waals surface area contributed by atoms with Crippen molar-refractivity contribution in [2.45, 2.75) is 6.10 Å². The summed E-state index contributed by atoms with van der Waals surface area (Å²) in [6.07, 6.45) is -0.886. The lowest BCUT2D eigenvalue weighted by atomic mass is 10.2. The molecule has 1 aromatic heterocycles. The van der Waals surface area contributed by atoms with Crippen molar-refractivity contribution in [2.75, 3.05) is 75.3 Å².